The second kappa shape index (κ2) is 7.68. The number of carbonyl (C=O) groups excluding carboxylic acids is 2. The maximum Gasteiger partial charge on any atom is 0.409 e. The molecular weight excluding hydrogens is 308 g/mol. The highest BCUT2D eigenvalue weighted by Gasteiger charge is 2.25. The second-order valence-electron chi connectivity index (χ2n) is 6.40. The zero-order chi connectivity index (χ0) is 16.9. The SMILES string of the molecule is CCOC(=O)N1CCN(C(=O)CCc2n[nH]c3c2CCCC3)CC1. The smallest absolute Gasteiger partial charge is 0.409 e. The number of nitrogens with zero attached hydrogens (tertiary/aromatic N) is 3. The van der Waals surface area contributed by atoms with Gasteiger partial charge in [-0.15, -0.1) is 0 Å². The summed E-state index contributed by atoms with van der Waals surface area (Å²) in [4.78, 5) is 27.6. The van der Waals surface area contributed by atoms with Crippen LogP contribution in [0.3, 0.4) is 0 Å². The Hall–Kier alpha value is -2.05. The van der Waals surface area contributed by atoms with Gasteiger partial charge in [-0.25, -0.2) is 4.79 Å². The number of hydrogen-bond donors (Lipinski definition) is 1. The maximum atomic E-state index is 12.4. The maximum absolute atomic E-state index is 12.4. The monoisotopic (exact) mass is 334 g/mol. The van der Waals surface area contributed by atoms with Crippen LogP contribution in [-0.2, 0) is 28.8 Å². The summed E-state index contributed by atoms with van der Waals surface area (Å²) in [7, 11) is 0. The Kier molecular flexibility index (Phi) is 5.37. The molecule has 7 nitrogen and oxygen atoms in total. The van der Waals surface area contributed by atoms with Crippen molar-refractivity contribution in [3.63, 3.8) is 0 Å². The minimum absolute atomic E-state index is 0.145. The summed E-state index contributed by atoms with van der Waals surface area (Å²) in [6, 6.07) is 0. The number of carbonyl (C=O) groups is 2. The Balaban J connectivity index is 1.46. The third kappa shape index (κ3) is 3.71. The molecule has 24 heavy (non-hydrogen) atoms. The summed E-state index contributed by atoms with van der Waals surface area (Å²) in [5, 5.41) is 7.53. The molecule has 2 amide bonds. The third-order valence-electron chi connectivity index (χ3n) is 4.88. The predicted molar refractivity (Wildman–Crippen MR) is 88.7 cm³/mol. The van der Waals surface area contributed by atoms with E-state index in [4.69, 9.17) is 4.74 Å². The van der Waals surface area contributed by atoms with Gasteiger partial charge in [0.2, 0.25) is 5.91 Å². The molecule has 0 bridgehead atoms. The van der Waals surface area contributed by atoms with E-state index in [2.05, 4.69) is 10.2 Å². The Morgan fingerprint density at radius 2 is 1.83 bits per heavy atom. The number of hydrogen-bond acceptors (Lipinski definition) is 4. The molecule has 1 aromatic rings. The van der Waals surface area contributed by atoms with Crippen LogP contribution in [-0.4, -0.2) is 64.8 Å². The molecule has 132 valence electrons. The molecule has 3 rings (SSSR count). The third-order valence-corrected chi connectivity index (χ3v) is 4.88. The lowest BCUT2D eigenvalue weighted by atomic mass is 9.94. The number of fused-ring (bicyclic) bond motifs is 1. The van der Waals surface area contributed by atoms with E-state index in [1.165, 1.54) is 24.1 Å². The van der Waals surface area contributed by atoms with Crippen LogP contribution < -0.4 is 0 Å². The van der Waals surface area contributed by atoms with Gasteiger partial charge < -0.3 is 14.5 Å². The molecule has 0 saturated carbocycles. The topological polar surface area (TPSA) is 78.5 Å². The van der Waals surface area contributed by atoms with Gasteiger partial charge >= 0.3 is 6.09 Å². The highest BCUT2D eigenvalue weighted by Crippen LogP contribution is 2.23. The van der Waals surface area contributed by atoms with Gasteiger partial charge in [0.05, 0.1) is 12.3 Å². The number of amides is 2. The van der Waals surface area contributed by atoms with E-state index in [-0.39, 0.29) is 12.0 Å². The van der Waals surface area contributed by atoms with Crippen molar-refractivity contribution in [1.82, 2.24) is 20.0 Å². The van der Waals surface area contributed by atoms with E-state index in [9.17, 15) is 9.59 Å². The van der Waals surface area contributed by atoms with Gasteiger partial charge in [0.25, 0.3) is 0 Å². The first kappa shape index (κ1) is 16.8. The molecule has 0 aromatic carbocycles. The van der Waals surface area contributed by atoms with Gasteiger partial charge in [0.15, 0.2) is 0 Å². The van der Waals surface area contributed by atoms with Crippen molar-refractivity contribution in [2.45, 2.75) is 45.4 Å². The largest absolute Gasteiger partial charge is 0.450 e. The van der Waals surface area contributed by atoms with Gasteiger partial charge in [-0.1, -0.05) is 0 Å². The molecule has 1 aromatic heterocycles. The summed E-state index contributed by atoms with van der Waals surface area (Å²) in [6.07, 6.45) is 5.48. The van der Waals surface area contributed by atoms with Crippen LogP contribution in [0.25, 0.3) is 0 Å². The van der Waals surface area contributed by atoms with E-state index in [0.29, 0.717) is 45.6 Å². The van der Waals surface area contributed by atoms with Crippen LogP contribution in [0, 0.1) is 0 Å². The number of H-pyrrole nitrogens is 1. The average molecular weight is 334 g/mol. The van der Waals surface area contributed by atoms with E-state index in [1.807, 2.05) is 4.90 Å². The average Bonchev–Trinajstić information content (AvgIpc) is 3.03. The van der Waals surface area contributed by atoms with Crippen molar-refractivity contribution in [1.29, 1.82) is 0 Å². The Labute approximate surface area is 142 Å². The first-order valence-corrected chi connectivity index (χ1v) is 8.93. The number of aryl methyl sites for hydroxylation is 2. The molecule has 0 radical (unpaired) electrons. The van der Waals surface area contributed by atoms with E-state index >= 15 is 0 Å². The van der Waals surface area contributed by atoms with E-state index < -0.39 is 0 Å². The van der Waals surface area contributed by atoms with Crippen LogP contribution in [0.5, 0.6) is 0 Å². The quantitative estimate of drug-likeness (QED) is 0.905. The zero-order valence-electron chi connectivity index (χ0n) is 14.3. The minimum Gasteiger partial charge on any atom is -0.450 e. The summed E-state index contributed by atoms with van der Waals surface area (Å²) < 4.78 is 5.00. The van der Waals surface area contributed by atoms with Crippen molar-refractivity contribution in [2.24, 2.45) is 0 Å². The van der Waals surface area contributed by atoms with Gasteiger partial charge in [-0.3, -0.25) is 9.89 Å². The summed E-state index contributed by atoms with van der Waals surface area (Å²) in [5.74, 6) is 0.145. The molecule has 1 fully saturated rings. The molecule has 1 saturated heterocycles. The Morgan fingerprint density at radius 3 is 2.58 bits per heavy atom. The lowest BCUT2D eigenvalue weighted by Crippen LogP contribution is -2.50. The number of ether oxygens (including phenoxy) is 1. The molecule has 7 heteroatoms. The fraction of sp³-hybridized carbons (Fsp3) is 0.706. The zero-order valence-corrected chi connectivity index (χ0v) is 14.3. The molecule has 2 heterocycles. The summed E-state index contributed by atoms with van der Waals surface area (Å²) in [6.45, 7) is 4.43. The highest BCUT2D eigenvalue weighted by molar-refractivity contribution is 5.77. The van der Waals surface area contributed by atoms with Gasteiger partial charge in [0.1, 0.15) is 0 Å². The highest BCUT2D eigenvalue weighted by atomic mass is 16.6. The lowest BCUT2D eigenvalue weighted by molar-refractivity contribution is -0.132. The first-order valence-electron chi connectivity index (χ1n) is 8.93. The fourth-order valence-electron chi connectivity index (χ4n) is 3.49. The Bertz CT molecular complexity index is 591. The lowest BCUT2D eigenvalue weighted by Gasteiger charge is -2.34. The van der Waals surface area contributed by atoms with Crippen molar-refractivity contribution in [2.75, 3.05) is 32.8 Å². The fourth-order valence-corrected chi connectivity index (χ4v) is 3.49. The molecule has 1 aliphatic carbocycles. The standard InChI is InChI=1S/C17H26N4O3/c1-2-24-17(23)21-11-9-20(10-12-21)16(22)8-7-15-13-5-3-4-6-14(13)18-19-15/h2-12H2,1H3,(H,18,19). The van der Waals surface area contributed by atoms with Gasteiger partial charge in [0, 0.05) is 44.7 Å². The van der Waals surface area contributed by atoms with E-state index in [0.717, 1.165) is 18.5 Å². The number of nitrogens with one attached hydrogen (secondary N) is 1. The predicted octanol–water partition coefficient (Wildman–Crippen LogP) is 1.52. The summed E-state index contributed by atoms with van der Waals surface area (Å²) in [5.41, 5.74) is 3.65. The number of rotatable bonds is 4. The van der Waals surface area contributed by atoms with Crippen molar-refractivity contribution < 1.29 is 14.3 Å². The van der Waals surface area contributed by atoms with Crippen LogP contribution in [0.15, 0.2) is 0 Å². The van der Waals surface area contributed by atoms with Crippen molar-refractivity contribution >= 4 is 12.0 Å². The minimum atomic E-state index is -0.284. The van der Waals surface area contributed by atoms with Gasteiger partial charge in [-0.2, -0.15) is 5.10 Å². The number of aromatic amines is 1. The van der Waals surface area contributed by atoms with Crippen LogP contribution >= 0.6 is 0 Å². The molecule has 0 spiro atoms. The van der Waals surface area contributed by atoms with Gasteiger partial charge in [-0.05, 0) is 38.2 Å². The Morgan fingerprint density at radius 1 is 1.12 bits per heavy atom. The molecule has 1 aliphatic heterocycles. The normalized spacial score (nSPS) is 17.5. The second-order valence-corrected chi connectivity index (χ2v) is 6.40. The van der Waals surface area contributed by atoms with Crippen molar-refractivity contribution in [3.8, 4) is 0 Å². The molecule has 2 aliphatic rings. The molecule has 0 atom stereocenters. The number of piperazine rings is 1. The van der Waals surface area contributed by atoms with Crippen LogP contribution in [0.2, 0.25) is 0 Å². The van der Waals surface area contributed by atoms with Crippen LogP contribution in [0.4, 0.5) is 4.79 Å². The van der Waals surface area contributed by atoms with Crippen LogP contribution in [0.1, 0.15) is 43.1 Å². The van der Waals surface area contributed by atoms with Crippen molar-refractivity contribution in [3.05, 3.63) is 17.0 Å². The molecular formula is C17H26N4O3. The first-order chi connectivity index (χ1) is 11.7. The molecule has 1 N–H and O–H groups in total. The number of aromatic nitrogens is 2. The van der Waals surface area contributed by atoms with E-state index in [1.54, 1.807) is 11.8 Å². The molecule has 0 unspecified atom stereocenters. The summed E-state index contributed by atoms with van der Waals surface area (Å²) >= 11 is 0.